The summed E-state index contributed by atoms with van der Waals surface area (Å²) in [6.07, 6.45) is 8.13. The molecule has 1 aliphatic heterocycles. The van der Waals surface area contributed by atoms with Crippen LogP contribution in [-0.2, 0) is 0 Å². The standard InChI is InChI=1S/C11H23N.C5H12.C3H8/c1-9(2)11(4)12-7-5-10(3)6-8-12;1-3-5-4-2;1-3-2/h9-11H,5-8H2,1-4H3;3-5H2,1-2H3;3H2,1-2H3. The van der Waals surface area contributed by atoms with Crippen LogP contribution < -0.4 is 0 Å². The minimum atomic E-state index is 0.775. The van der Waals surface area contributed by atoms with Gasteiger partial charge >= 0.3 is 0 Å². The Morgan fingerprint density at radius 3 is 1.55 bits per heavy atom. The lowest BCUT2D eigenvalue weighted by Gasteiger charge is -2.36. The van der Waals surface area contributed by atoms with Crippen molar-refractivity contribution in [3.8, 4) is 0 Å². The van der Waals surface area contributed by atoms with E-state index in [0.29, 0.717) is 0 Å². The summed E-state index contributed by atoms with van der Waals surface area (Å²) in [6, 6.07) is 0.775. The van der Waals surface area contributed by atoms with E-state index < -0.39 is 0 Å². The quantitative estimate of drug-likeness (QED) is 0.579. The van der Waals surface area contributed by atoms with Crippen molar-refractivity contribution in [2.45, 2.75) is 100.0 Å². The Morgan fingerprint density at radius 2 is 1.30 bits per heavy atom. The Bertz CT molecular complexity index is 167. The third kappa shape index (κ3) is 13.0. The van der Waals surface area contributed by atoms with Crippen molar-refractivity contribution in [1.29, 1.82) is 0 Å². The van der Waals surface area contributed by atoms with Gasteiger partial charge < -0.3 is 4.90 Å². The zero-order valence-corrected chi connectivity index (χ0v) is 15.8. The van der Waals surface area contributed by atoms with Crippen molar-refractivity contribution in [2.75, 3.05) is 13.1 Å². The van der Waals surface area contributed by atoms with Gasteiger partial charge in [0.2, 0.25) is 0 Å². The molecule has 20 heavy (non-hydrogen) atoms. The molecule has 1 saturated heterocycles. The van der Waals surface area contributed by atoms with E-state index in [9.17, 15) is 0 Å². The van der Waals surface area contributed by atoms with Crippen molar-refractivity contribution in [3.63, 3.8) is 0 Å². The molecular formula is C19H43N. The van der Waals surface area contributed by atoms with Gasteiger partial charge in [0.05, 0.1) is 0 Å². The van der Waals surface area contributed by atoms with E-state index in [1.807, 2.05) is 0 Å². The van der Waals surface area contributed by atoms with E-state index in [1.54, 1.807) is 0 Å². The van der Waals surface area contributed by atoms with Gasteiger partial charge in [0, 0.05) is 6.04 Å². The molecule has 1 heteroatoms. The minimum Gasteiger partial charge on any atom is -0.300 e. The van der Waals surface area contributed by atoms with Crippen molar-refractivity contribution < 1.29 is 0 Å². The van der Waals surface area contributed by atoms with Gasteiger partial charge in [-0.1, -0.05) is 74.1 Å². The van der Waals surface area contributed by atoms with E-state index in [-0.39, 0.29) is 0 Å². The molecule has 1 rings (SSSR count). The van der Waals surface area contributed by atoms with E-state index in [4.69, 9.17) is 0 Å². The van der Waals surface area contributed by atoms with Crippen LogP contribution in [0.3, 0.4) is 0 Å². The molecule has 1 aliphatic rings. The van der Waals surface area contributed by atoms with Crippen LogP contribution in [0.15, 0.2) is 0 Å². The Kier molecular flexibility index (Phi) is 17.1. The molecule has 1 heterocycles. The molecule has 0 saturated carbocycles. The molecule has 0 aliphatic carbocycles. The van der Waals surface area contributed by atoms with E-state index in [2.05, 4.69) is 60.3 Å². The largest absolute Gasteiger partial charge is 0.300 e. The summed E-state index contributed by atoms with van der Waals surface area (Å²) in [6.45, 7) is 20.7. The van der Waals surface area contributed by atoms with Crippen LogP contribution in [0, 0.1) is 11.8 Å². The number of hydrogen-bond acceptors (Lipinski definition) is 1. The molecule has 0 radical (unpaired) electrons. The molecule has 1 atom stereocenters. The van der Waals surface area contributed by atoms with Gasteiger partial charge in [-0.05, 0) is 44.7 Å². The molecule has 0 amide bonds. The minimum absolute atomic E-state index is 0.775. The molecule has 1 fully saturated rings. The molecule has 0 aromatic heterocycles. The third-order valence-corrected chi connectivity index (χ3v) is 4.07. The molecule has 0 aromatic rings. The maximum atomic E-state index is 2.64. The monoisotopic (exact) mass is 285 g/mol. The first-order chi connectivity index (χ1) is 9.44. The summed E-state index contributed by atoms with van der Waals surface area (Å²) in [5, 5.41) is 0. The van der Waals surface area contributed by atoms with Crippen LogP contribution in [0.2, 0.25) is 0 Å². The number of hydrogen-bond donors (Lipinski definition) is 0. The molecule has 0 N–H and O–H groups in total. The number of likely N-dealkylation sites (tertiary alicyclic amines) is 1. The Morgan fingerprint density at radius 1 is 0.900 bits per heavy atom. The van der Waals surface area contributed by atoms with E-state index >= 15 is 0 Å². The molecule has 0 bridgehead atoms. The topological polar surface area (TPSA) is 3.24 Å². The highest BCUT2D eigenvalue weighted by molar-refractivity contribution is 4.75. The number of piperidine rings is 1. The second kappa shape index (κ2) is 15.4. The van der Waals surface area contributed by atoms with Crippen LogP contribution in [0.1, 0.15) is 93.9 Å². The summed E-state index contributed by atoms with van der Waals surface area (Å²) in [5.41, 5.74) is 0. The fourth-order valence-electron chi connectivity index (χ4n) is 2.21. The lowest BCUT2D eigenvalue weighted by Crippen LogP contribution is -2.41. The van der Waals surface area contributed by atoms with Crippen molar-refractivity contribution >= 4 is 0 Å². The van der Waals surface area contributed by atoms with Gasteiger partial charge in [0.15, 0.2) is 0 Å². The smallest absolute Gasteiger partial charge is 0.00899 e. The van der Waals surface area contributed by atoms with Gasteiger partial charge in [0.1, 0.15) is 0 Å². The maximum Gasteiger partial charge on any atom is 0.00899 e. The third-order valence-electron chi connectivity index (χ3n) is 4.07. The Labute approximate surface area is 130 Å². The van der Waals surface area contributed by atoms with Crippen LogP contribution in [0.4, 0.5) is 0 Å². The SMILES string of the molecule is CC1CCN(C(C)C(C)C)CC1.CCC.CCCCC. The number of rotatable bonds is 4. The number of nitrogens with zero attached hydrogens (tertiary/aromatic N) is 1. The molecule has 1 unspecified atom stereocenters. The first-order valence-electron chi connectivity index (χ1n) is 9.18. The highest BCUT2D eigenvalue weighted by atomic mass is 15.2. The zero-order chi connectivity index (χ0) is 16.0. The highest BCUT2D eigenvalue weighted by Crippen LogP contribution is 2.20. The fourth-order valence-corrected chi connectivity index (χ4v) is 2.21. The van der Waals surface area contributed by atoms with Gasteiger partial charge in [0.25, 0.3) is 0 Å². The lowest BCUT2D eigenvalue weighted by atomic mass is 9.95. The van der Waals surface area contributed by atoms with Crippen LogP contribution in [0.5, 0.6) is 0 Å². The predicted molar refractivity (Wildman–Crippen MR) is 95.4 cm³/mol. The first kappa shape index (κ1) is 22.2. The van der Waals surface area contributed by atoms with Gasteiger partial charge in [-0.2, -0.15) is 0 Å². The maximum absolute atomic E-state index is 2.64. The second-order valence-electron chi connectivity index (χ2n) is 6.76. The van der Waals surface area contributed by atoms with Crippen LogP contribution in [0.25, 0.3) is 0 Å². The molecule has 0 spiro atoms. The van der Waals surface area contributed by atoms with Crippen LogP contribution >= 0.6 is 0 Å². The lowest BCUT2D eigenvalue weighted by molar-refractivity contribution is 0.119. The summed E-state index contributed by atoms with van der Waals surface area (Å²) < 4.78 is 0. The Hall–Kier alpha value is -0.0400. The van der Waals surface area contributed by atoms with E-state index in [1.165, 1.54) is 51.6 Å². The van der Waals surface area contributed by atoms with Gasteiger partial charge in [-0.15, -0.1) is 0 Å². The van der Waals surface area contributed by atoms with Gasteiger partial charge in [-0.25, -0.2) is 0 Å². The number of unbranched alkanes of at least 4 members (excludes halogenated alkanes) is 2. The summed E-state index contributed by atoms with van der Waals surface area (Å²) in [5.74, 6) is 1.76. The zero-order valence-electron chi connectivity index (χ0n) is 15.8. The molecule has 1 nitrogen and oxygen atoms in total. The normalized spacial score (nSPS) is 17.9. The van der Waals surface area contributed by atoms with Crippen molar-refractivity contribution in [2.24, 2.45) is 11.8 Å². The highest BCUT2D eigenvalue weighted by Gasteiger charge is 2.21. The van der Waals surface area contributed by atoms with Crippen molar-refractivity contribution in [1.82, 2.24) is 4.90 Å². The van der Waals surface area contributed by atoms with Crippen molar-refractivity contribution in [3.05, 3.63) is 0 Å². The second-order valence-corrected chi connectivity index (χ2v) is 6.76. The summed E-state index contributed by atoms with van der Waals surface area (Å²) in [7, 11) is 0. The van der Waals surface area contributed by atoms with E-state index in [0.717, 1.165) is 17.9 Å². The van der Waals surface area contributed by atoms with Crippen LogP contribution in [-0.4, -0.2) is 24.0 Å². The average molecular weight is 286 g/mol. The fraction of sp³-hybridized carbons (Fsp3) is 1.00. The summed E-state index contributed by atoms with van der Waals surface area (Å²) >= 11 is 0. The first-order valence-corrected chi connectivity index (χ1v) is 9.18. The predicted octanol–water partition coefficient (Wildman–Crippen LogP) is 6.38. The average Bonchev–Trinajstić information content (AvgIpc) is 2.41. The molecule has 124 valence electrons. The van der Waals surface area contributed by atoms with Gasteiger partial charge in [-0.3, -0.25) is 0 Å². The molecular weight excluding hydrogens is 242 g/mol. The Balaban J connectivity index is 0. The molecule has 0 aromatic carbocycles. The summed E-state index contributed by atoms with van der Waals surface area (Å²) in [4.78, 5) is 2.64.